The minimum Gasteiger partial charge on any atom is -0.478 e. The average molecular weight is 248 g/mol. The summed E-state index contributed by atoms with van der Waals surface area (Å²) in [6.45, 7) is 2.87. The molecule has 3 heteroatoms. The summed E-state index contributed by atoms with van der Waals surface area (Å²) in [6, 6.07) is 6.91. The van der Waals surface area contributed by atoms with Crippen LogP contribution in [0.3, 0.4) is 0 Å². The Morgan fingerprint density at radius 1 is 1.22 bits per heavy atom. The van der Waals surface area contributed by atoms with Crippen molar-refractivity contribution in [3.8, 4) is 0 Å². The fourth-order valence-electron chi connectivity index (χ4n) is 2.35. The van der Waals surface area contributed by atoms with Crippen molar-refractivity contribution in [2.75, 3.05) is 0 Å². The van der Waals surface area contributed by atoms with Gasteiger partial charge in [0.15, 0.2) is 0 Å². The fourth-order valence-corrected chi connectivity index (χ4v) is 2.35. The molecular weight excluding hydrogens is 228 g/mol. The van der Waals surface area contributed by atoms with Gasteiger partial charge in [-0.1, -0.05) is 19.1 Å². The molecule has 0 aliphatic heterocycles. The van der Waals surface area contributed by atoms with Crippen LogP contribution in [0.2, 0.25) is 0 Å². The third-order valence-corrected chi connectivity index (χ3v) is 3.65. The van der Waals surface area contributed by atoms with Crippen molar-refractivity contribution in [3.05, 3.63) is 35.4 Å². The molecule has 0 heterocycles. The summed E-state index contributed by atoms with van der Waals surface area (Å²) < 4.78 is 5.87. The van der Waals surface area contributed by atoms with Gasteiger partial charge in [-0.05, 0) is 49.3 Å². The third kappa shape index (κ3) is 3.57. The van der Waals surface area contributed by atoms with Crippen LogP contribution in [0.1, 0.15) is 48.5 Å². The number of hydrogen-bond acceptors (Lipinski definition) is 2. The van der Waals surface area contributed by atoms with Crippen molar-refractivity contribution in [1.29, 1.82) is 0 Å². The minimum absolute atomic E-state index is 0.324. The zero-order chi connectivity index (χ0) is 13.0. The molecule has 0 aromatic heterocycles. The molecule has 0 radical (unpaired) electrons. The van der Waals surface area contributed by atoms with Crippen LogP contribution >= 0.6 is 0 Å². The summed E-state index contributed by atoms with van der Waals surface area (Å²) in [5.41, 5.74) is 1.36. The first-order chi connectivity index (χ1) is 8.65. The van der Waals surface area contributed by atoms with Gasteiger partial charge in [-0.25, -0.2) is 4.79 Å². The largest absolute Gasteiger partial charge is 0.478 e. The van der Waals surface area contributed by atoms with Crippen molar-refractivity contribution in [2.24, 2.45) is 5.92 Å². The molecule has 1 saturated carbocycles. The maximum absolute atomic E-state index is 10.7. The number of carbonyl (C=O) groups is 1. The van der Waals surface area contributed by atoms with E-state index in [0.717, 1.165) is 24.3 Å². The van der Waals surface area contributed by atoms with Crippen molar-refractivity contribution in [2.45, 2.75) is 45.3 Å². The van der Waals surface area contributed by atoms with E-state index in [1.165, 1.54) is 12.8 Å². The van der Waals surface area contributed by atoms with Crippen LogP contribution in [-0.4, -0.2) is 17.2 Å². The Morgan fingerprint density at radius 3 is 2.39 bits per heavy atom. The van der Waals surface area contributed by atoms with E-state index in [-0.39, 0.29) is 0 Å². The second-order valence-corrected chi connectivity index (χ2v) is 5.19. The molecule has 0 amide bonds. The van der Waals surface area contributed by atoms with Gasteiger partial charge in [-0.3, -0.25) is 0 Å². The van der Waals surface area contributed by atoms with Crippen molar-refractivity contribution < 1.29 is 14.6 Å². The molecule has 0 spiro atoms. The monoisotopic (exact) mass is 248 g/mol. The maximum Gasteiger partial charge on any atom is 0.335 e. The average Bonchev–Trinajstić information content (AvgIpc) is 2.38. The molecule has 98 valence electrons. The highest BCUT2D eigenvalue weighted by Crippen LogP contribution is 2.26. The van der Waals surface area contributed by atoms with Gasteiger partial charge in [0.2, 0.25) is 0 Å². The topological polar surface area (TPSA) is 46.5 Å². The van der Waals surface area contributed by atoms with Crippen LogP contribution in [0.5, 0.6) is 0 Å². The highest BCUT2D eigenvalue weighted by molar-refractivity contribution is 5.87. The van der Waals surface area contributed by atoms with Crippen LogP contribution in [-0.2, 0) is 11.3 Å². The predicted octanol–water partition coefficient (Wildman–Crippen LogP) is 3.48. The molecule has 1 aromatic carbocycles. The van der Waals surface area contributed by atoms with Crippen molar-refractivity contribution in [3.63, 3.8) is 0 Å². The number of hydrogen-bond donors (Lipinski definition) is 1. The van der Waals surface area contributed by atoms with Gasteiger partial charge in [0, 0.05) is 0 Å². The molecule has 0 saturated heterocycles. The highest BCUT2D eigenvalue weighted by atomic mass is 16.5. The molecule has 0 unspecified atom stereocenters. The number of rotatable bonds is 4. The zero-order valence-electron chi connectivity index (χ0n) is 10.8. The van der Waals surface area contributed by atoms with E-state index in [2.05, 4.69) is 6.92 Å². The van der Waals surface area contributed by atoms with Crippen LogP contribution in [0.15, 0.2) is 24.3 Å². The molecular formula is C15H20O3. The molecule has 1 N–H and O–H groups in total. The molecule has 0 bridgehead atoms. The van der Waals surface area contributed by atoms with Gasteiger partial charge in [-0.15, -0.1) is 0 Å². The van der Waals surface area contributed by atoms with Gasteiger partial charge in [0.25, 0.3) is 0 Å². The zero-order valence-corrected chi connectivity index (χ0v) is 10.8. The van der Waals surface area contributed by atoms with Crippen molar-refractivity contribution >= 4 is 5.97 Å². The summed E-state index contributed by atoms with van der Waals surface area (Å²) in [4.78, 5) is 10.7. The van der Waals surface area contributed by atoms with E-state index < -0.39 is 5.97 Å². The standard InChI is InChI=1S/C15H20O3/c1-11-2-8-14(9-3-11)18-10-12-4-6-13(7-5-12)15(16)17/h4-7,11,14H,2-3,8-10H2,1H3,(H,16,17). The number of ether oxygens (including phenoxy) is 1. The first-order valence-corrected chi connectivity index (χ1v) is 6.59. The first-order valence-electron chi connectivity index (χ1n) is 6.59. The lowest BCUT2D eigenvalue weighted by Crippen LogP contribution is -2.20. The van der Waals surface area contributed by atoms with E-state index >= 15 is 0 Å². The van der Waals surface area contributed by atoms with E-state index in [1.807, 2.05) is 12.1 Å². The van der Waals surface area contributed by atoms with Crippen molar-refractivity contribution in [1.82, 2.24) is 0 Å². The molecule has 18 heavy (non-hydrogen) atoms. The molecule has 1 aromatic rings. The van der Waals surface area contributed by atoms with Crippen LogP contribution in [0, 0.1) is 5.92 Å². The van der Waals surface area contributed by atoms with E-state index in [9.17, 15) is 4.79 Å². The summed E-state index contributed by atoms with van der Waals surface area (Å²) in [6.07, 6.45) is 5.17. The molecule has 1 fully saturated rings. The normalized spacial score (nSPS) is 23.8. The lowest BCUT2D eigenvalue weighted by Gasteiger charge is -2.26. The molecule has 0 atom stereocenters. The second kappa shape index (κ2) is 6.01. The maximum atomic E-state index is 10.7. The summed E-state index contributed by atoms with van der Waals surface area (Å²) >= 11 is 0. The number of carboxylic acid groups (broad SMARTS) is 1. The lowest BCUT2D eigenvalue weighted by atomic mass is 9.89. The fraction of sp³-hybridized carbons (Fsp3) is 0.533. The Kier molecular flexibility index (Phi) is 4.37. The number of benzene rings is 1. The molecule has 1 aliphatic carbocycles. The van der Waals surface area contributed by atoms with Gasteiger partial charge in [0.1, 0.15) is 0 Å². The van der Waals surface area contributed by atoms with E-state index in [1.54, 1.807) is 12.1 Å². The Labute approximate surface area is 108 Å². The minimum atomic E-state index is -0.885. The van der Waals surface area contributed by atoms with E-state index in [0.29, 0.717) is 18.3 Å². The number of aromatic carboxylic acids is 1. The first kappa shape index (κ1) is 13.1. The quantitative estimate of drug-likeness (QED) is 0.887. The third-order valence-electron chi connectivity index (χ3n) is 3.65. The summed E-state index contributed by atoms with van der Waals surface area (Å²) in [5.74, 6) is -0.0524. The predicted molar refractivity (Wildman–Crippen MR) is 69.6 cm³/mol. The lowest BCUT2D eigenvalue weighted by molar-refractivity contribution is 0.00876. The Balaban J connectivity index is 1.81. The van der Waals surface area contributed by atoms with Crippen LogP contribution in [0.25, 0.3) is 0 Å². The van der Waals surface area contributed by atoms with Gasteiger partial charge in [-0.2, -0.15) is 0 Å². The Hall–Kier alpha value is -1.35. The van der Waals surface area contributed by atoms with E-state index in [4.69, 9.17) is 9.84 Å². The molecule has 2 rings (SSSR count). The molecule has 1 aliphatic rings. The summed E-state index contributed by atoms with van der Waals surface area (Å²) in [7, 11) is 0. The summed E-state index contributed by atoms with van der Waals surface area (Å²) in [5, 5.41) is 8.80. The van der Waals surface area contributed by atoms with Gasteiger partial charge in [0.05, 0.1) is 18.3 Å². The van der Waals surface area contributed by atoms with Gasteiger partial charge < -0.3 is 9.84 Å². The van der Waals surface area contributed by atoms with Crippen LogP contribution in [0.4, 0.5) is 0 Å². The smallest absolute Gasteiger partial charge is 0.335 e. The second-order valence-electron chi connectivity index (χ2n) is 5.19. The molecule has 3 nitrogen and oxygen atoms in total. The number of carboxylic acids is 1. The SMILES string of the molecule is CC1CCC(OCc2ccc(C(=O)O)cc2)CC1. The van der Waals surface area contributed by atoms with Crippen LogP contribution < -0.4 is 0 Å². The van der Waals surface area contributed by atoms with Gasteiger partial charge >= 0.3 is 5.97 Å². The Morgan fingerprint density at radius 2 is 1.83 bits per heavy atom. The highest BCUT2D eigenvalue weighted by Gasteiger charge is 2.18. The Bertz CT molecular complexity index is 389.